The van der Waals surface area contributed by atoms with Crippen LogP contribution >= 0.6 is 11.8 Å². The van der Waals surface area contributed by atoms with Crippen LogP contribution in [0.3, 0.4) is 0 Å². The van der Waals surface area contributed by atoms with Gasteiger partial charge in [-0.3, -0.25) is 4.98 Å². The molecular weight excluding hydrogens is 340 g/mol. The number of nitrogens with zero attached hydrogens (tertiary/aromatic N) is 2. The molecule has 0 saturated heterocycles. The lowest BCUT2D eigenvalue weighted by atomic mass is 10.0. The smallest absolute Gasteiger partial charge is 0.0840 e. The molecule has 1 aromatic carbocycles. The van der Waals surface area contributed by atoms with Gasteiger partial charge in [-0.05, 0) is 55.2 Å². The number of rotatable bonds is 6. The number of benzene rings is 1. The van der Waals surface area contributed by atoms with Crippen molar-refractivity contribution in [1.82, 2.24) is 9.55 Å². The van der Waals surface area contributed by atoms with Crippen LogP contribution in [-0.4, -0.2) is 14.7 Å². The lowest BCUT2D eigenvalue weighted by Gasteiger charge is -2.14. The van der Waals surface area contributed by atoms with Crippen LogP contribution in [0.1, 0.15) is 47.7 Å². The summed E-state index contributed by atoms with van der Waals surface area (Å²) in [5, 5.41) is 11.3. The van der Waals surface area contributed by atoms with Crippen molar-refractivity contribution in [2.75, 3.05) is 0 Å². The molecule has 0 radical (unpaired) electrons. The molecule has 136 valence electrons. The second-order valence-corrected chi connectivity index (χ2v) is 8.02. The van der Waals surface area contributed by atoms with Gasteiger partial charge in [-0.25, -0.2) is 0 Å². The standard InChI is InChI=1S/C22H26N2OS/c1-15(2)21-20(14-25)17(4)24(13-18-8-10-23-11-9-18)22(21)26-19-7-5-6-16(3)12-19/h5-12,15,25H,13-14H2,1-4H3. The molecule has 3 nitrogen and oxygen atoms in total. The van der Waals surface area contributed by atoms with Gasteiger partial charge in [-0.2, -0.15) is 0 Å². The number of hydrogen-bond donors (Lipinski definition) is 1. The Balaban J connectivity index is 2.12. The highest BCUT2D eigenvalue weighted by Gasteiger charge is 2.23. The minimum absolute atomic E-state index is 0.0735. The quantitative estimate of drug-likeness (QED) is 0.642. The van der Waals surface area contributed by atoms with E-state index in [9.17, 15) is 5.11 Å². The molecule has 3 aromatic rings. The summed E-state index contributed by atoms with van der Waals surface area (Å²) in [6.45, 7) is 9.48. The zero-order valence-electron chi connectivity index (χ0n) is 15.9. The van der Waals surface area contributed by atoms with Crippen LogP contribution in [-0.2, 0) is 13.2 Å². The van der Waals surface area contributed by atoms with Crippen molar-refractivity contribution in [3.05, 3.63) is 76.7 Å². The van der Waals surface area contributed by atoms with Gasteiger partial charge in [0.2, 0.25) is 0 Å². The zero-order chi connectivity index (χ0) is 18.7. The highest BCUT2D eigenvalue weighted by Crippen LogP contribution is 2.40. The van der Waals surface area contributed by atoms with Crippen LogP contribution in [0.2, 0.25) is 0 Å². The summed E-state index contributed by atoms with van der Waals surface area (Å²) in [5.41, 5.74) is 5.93. The van der Waals surface area contributed by atoms with Gasteiger partial charge in [-0.15, -0.1) is 0 Å². The first-order chi connectivity index (χ1) is 12.5. The van der Waals surface area contributed by atoms with E-state index in [1.807, 2.05) is 24.5 Å². The third kappa shape index (κ3) is 3.87. The molecule has 1 N–H and O–H groups in total. The summed E-state index contributed by atoms with van der Waals surface area (Å²) in [6, 6.07) is 12.7. The highest BCUT2D eigenvalue weighted by atomic mass is 32.2. The Morgan fingerprint density at radius 3 is 2.46 bits per heavy atom. The number of aliphatic hydroxyl groups excluding tert-OH is 1. The Labute approximate surface area is 160 Å². The fourth-order valence-corrected chi connectivity index (χ4v) is 4.74. The second kappa shape index (κ2) is 8.11. The molecule has 0 aliphatic rings. The Kier molecular flexibility index (Phi) is 5.84. The normalized spacial score (nSPS) is 11.3. The summed E-state index contributed by atoms with van der Waals surface area (Å²) >= 11 is 1.79. The van der Waals surface area contributed by atoms with Crippen LogP contribution < -0.4 is 0 Å². The van der Waals surface area contributed by atoms with Gasteiger partial charge >= 0.3 is 0 Å². The molecule has 0 bridgehead atoms. The Morgan fingerprint density at radius 2 is 1.85 bits per heavy atom. The van der Waals surface area contributed by atoms with E-state index in [1.54, 1.807) is 11.8 Å². The zero-order valence-corrected chi connectivity index (χ0v) is 16.7. The van der Waals surface area contributed by atoms with Crippen LogP contribution in [0.15, 0.2) is 58.7 Å². The van der Waals surface area contributed by atoms with E-state index in [2.05, 4.69) is 61.5 Å². The predicted molar refractivity (Wildman–Crippen MR) is 108 cm³/mol. The summed E-state index contributed by atoms with van der Waals surface area (Å²) in [5.74, 6) is 0.349. The van der Waals surface area contributed by atoms with Gasteiger partial charge in [0.15, 0.2) is 0 Å². The van der Waals surface area contributed by atoms with E-state index in [-0.39, 0.29) is 6.61 Å². The van der Waals surface area contributed by atoms with Crippen molar-refractivity contribution in [3.63, 3.8) is 0 Å². The molecule has 0 saturated carbocycles. The minimum Gasteiger partial charge on any atom is -0.392 e. The fraction of sp³-hybridized carbons (Fsp3) is 0.318. The lowest BCUT2D eigenvalue weighted by Crippen LogP contribution is -2.04. The van der Waals surface area contributed by atoms with Crippen LogP contribution in [0.5, 0.6) is 0 Å². The van der Waals surface area contributed by atoms with Crippen molar-refractivity contribution in [1.29, 1.82) is 0 Å². The van der Waals surface area contributed by atoms with Crippen molar-refractivity contribution in [2.24, 2.45) is 0 Å². The summed E-state index contributed by atoms with van der Waals surface area (Å²) in [4.78, 5) is 5.35. The molecule has 26 heavy (non-hydrogen) atoms. The first kappa shape index (κ1) is 18.7. The Hall–Kier alpha value is -2.04. The van der Waals surface area contributed by atoms with E-state index in [4.69, 9.17) is 0 Å². The van der Waals surface area contributed by atoms with Crippen molar-refractivity contribution in [3.8, 4) is 0 Å². The number of aromatic nitrogens is 2. The van der Waals surface area contributed by atoms with Gasteiger partial charge in [0.05, 0.1) is 11.6 Å². The van der Waals surface area contributed by atoms with Gasteiger partial charge in [0.1, 0.15) is 0 Å². The SMILES string of the molecule is Cc1cccc(Sc2c(C(C)C)c(CO)c(C)n2Cc2ccncc2)c1. The average molecular weight is 367 g/mol. The molecule has 0 aliphatic carbocycles. The van der Waals surface area contributed by atoms with Gasteiger partial charge in [0.25, 0.3) is 0 Å². The number of pyridine rings is 1. The van der Waals surface area contributed by atoms with E-state index < -0.39 is 0 Å². The van der Waals surface area contributed by atoms with Crippen molar-refractivity contribution in [2.45, 2.75) is 56.7 Å². The van der Waals surface area contributed by atoms with Gasteiger partial charge < -0.3 is 9.67 Å². The predicted octanol–water partition coefficient (Wildman–Crippen LogP) is 5.32. The molecule has 3 rings (SSSR count). The Bertz CT molecular complexity index is 885. The maximum atomic E-state index is 10.0. The molecule has 0 unspecified atom stereocenters. The average Bonchev–Trinajstić information content (AvgIpc) is 2.88. The molecule has 0 atom stereocenters. The second-order valence-electron chi connectivity index (χ2n) is 6.96. The number of hydrogen-bond acceptors (Lipinski definition) is 3. The molecule has 2 aromatic heterocycles. The molecule has 4 heteroatoms. The highest BCUT2D eigenvalue weighted by molar-refractivity contribution is 7.99. The van der Waals surface area contributed by atoms with Crippen molar-refractivity contribution >= 4 is 11.8 Å². The lowest BCUT2D eigenvalue weighted by molar-refractivity contribution is 0.279. The van der Waals surface area contributed by atoms with Gasteiger partial charge in [0, 0.05) is 35.1 Å². The third-order valence-corrected chi connectivity index (χ3v) is 5.80. The minimum atomic E-state index is 0.0735. The van der Waals surface area contributed by atoms with E-state index >= 15 is 0 Å². The molecule has 0 fully saturated rings. The molecule has 0 spiro atoms. The van der Waals surface area contributed by atoms with E-state index in [0.29, 0.717) is 5.92 Å². The largest absolute Gasteiger partial charge is 0.392 e. The topological polar surface area (TPSA) is 38.0 Å². The summed E-state index contributed by atoms with van der Waals surface area (Å²) in [6.07, 6.45) is 3.66. The monoisotopic (exact) mass is 366 g/mol. The summed E-state index contributed by atoms with van der Waals surface area (Å²) in [7, 11) is 0. The molecule has 0 amide bonds. The van der Waals surface area contributed by atoms with Crippen molar-refractivity contribution < 1.29 is 5.11 Å². The number of aryl methyl sites for hydroxylation is 1. The third-order valence-electron chi connectivity index (χ3n) is 4.67. The molecule has 0 aliphatic heterocycles. The van der Waals surface area contributed by atoms with Crippen LogP contribution in [0.25, 0.3) is 0 Å². The van der Waals surface area contributed by atoms with Crippen LogP contribution in [0, 0.1) is 13.8 Å². The fourth-order valence-electron chi connectivity index (χ4n) is 3.34. The first-order valence-electron chi connectivity index (χ1n) is 8.97. The molecular formula is C22H26N2OS. The van der Waals surface area contributed by atoms with E-state index in [1.165, 1.54) is 26.6 Å². The summed E-state index contributed by atoms with van der Waals surface area (Å²) < 4.78 is 2.34. The maximum absolute atomic E-state index is 10.0. The first-order valence-corrected chi connectivity index (χ1v) is 9.79. The maximum Gasteiger partial charge on any atom is 0.0840 e. The van der Waals surface area contributed by atoms with Gasteiger partial charge in [-0.1, -0.05) is 43.3 Å². The molecule has 2 heterocycles. The van der Waals surface area contributed by atoms with E-state index in [0.717, 1.165) is 17.8 Å². The van der Waals surface area contributed by atoms with Crippen LogP contribution in [0.4, 0.5) is 0 Å². The Morgan fingerprint density at radius 1 is 1.12 bits per heavy atom. The number of aliphatic hydroxyl groups is 1.